The Bertz CT molecular complexity index is 608. The molecule has 0 bridgehead atoms. The first-order valence-electron chi connectivity index (χ1n) is 6.36. The predicted octanol–water partition coefficient (Wildman–Crippen LogP) is 2.59. The Morgan fingerprint density at radius 3 is 2.52 bits per heavy atom. The van der Waals surface area contributed by atoms with E-state index in [1.165, 1.54) is 6.07 Å². The molecule has 21 heavy (non-hydrogen) atoms. The number of nitrogens with zero attached hydrogens (tertiary/aromatic N) is 3. The topological polar surface area (TPSA) is 51.4 Å². The molecule has 1 saturated heterocycles. The average Bonchev–Trinajstić information content (AvgIpc) is 3.01. The van der Waals surface area contributed by atoms with Crippen LogP contribution in [-0.2, 0) is 10.9 Å². The number of benzene rings is 1. The van der Waals surface area contributed by atoms with Gasteiger partial charge in [-0.1, -0.05) is 0 Å². The molecule has 2 heterocycles. The van der Waals surface area contributed by atoms with Gasteiger partial charge in [0.1, 0.15) is 0 Å². The number of hydrogen-bond donors (Lipinski definition) is 0. The summed E-state index contributed by atoms with van der Waals surface area (Å²) >= 11 is 0. The molecule has 0 N–H and O–H groups in total. The second-order valence-corrected chi connectivity index (χ2v) is 4.57. The lowest BCUT2D eigenvalue weighted by atomic mass is 10.1. The third-order valence-corrected chi connectivity index (χ3v) is 3.26. The maximum atomic E-state index is 13.3. The summed E-state index contributed by atoms with van der Waals surface area (Å²) in [5, 5.41) is 7.11. The zero-order valence-corrected chi connectivity index (χ0v) is 10.9. The molecule has 1 aromatic carbocycles. The molecule has 8 heteroatoms. The molecule has 3 rings (SSSR count). The molecule has 0 spiro atoms. The lowest BCUT2D eigenvalue weighted by Gasteiger charge is -2.31. The average molecular weight is 299 g/mol. The molecular formula is C13H12F3N3O2. The maximum absolute atomic E-state index is 13.3. The van der Waals surface area contributed by atoms with E-state index in [-0.39, 0.29) is 17.1 Å². The van der Waals surface area contributed by atoms with Crippen molar-refractivity contribution in [3.63, 3.8) is 0 Å². The van der Waals surface area contributed by atoms with Crippen molar-refractivity contribution in [1.82, 2.24) is 10.2 Å². The van der Waals surface area contributed by atoms with Crippen LogP contribution in [0, 0.1) is 0 Å². The van der Waals surface area contributed by atoms with E-state index in [9.17, 15) is 13.2 Å². The molecule has 0 radical (unpaired) electrons. The lowest BCUT2D eigenvalue weighted by molar-refractivity contribution is -0.137. The van der Waals surface area contributed by atoms with Crippen LogP contribution in [0.3, 0.4) is 0 Å². The van der Waals surface area contributed by atoms with Crippen LogP contribution in [-0.4, -0.2) is 36.5 Å². The molecule has 1 aliphatic heterocycles. The number of hydrogen-bond acceptors (Lipinski definition) is 5. The van der Waals surface area contributed by atoms with E-state index in [0.717, 1.165) is 12.5 Å². The van der Waals surface area contributed by atoms with Gasteiger partial charge >= 0.3 is 6.18 Å². The van der Waals surface area contributed by atoms with Crippen LogP contribution in [0.4, 0.5) is 18.9 Å². The zero-order valence-electron chi connectivity index (χ0n) is 10.9. The number of alkyl halides is 3. The monoisotopic (exact) mass is 299 g/mol. The van der Waals surface area contributed by atoms with E-state index in [1.54, 1.807) is 11.0 Å². The third-order valence-electron chi connectivity index (χ3n) is 3.26. The predicted molar refractivity (Wildman–Crippen MR) is 67.8 cm³/mol. The normalized spacial score (nSPS) is 16.2. The number of ether oxygens (including phenoxy) is 1. The van der Waals surface area contributed by atoms with Gasteiger partial charge < -0.3 is 14.1 Å². The number of rotatable bonds is 2. The molecule has 5 nitrogen and oxygen atoms in total. The van der Waals surface area contributed by atoms with Gasteiger partial charge in [0.05, 0.1) is 18.8 Å². The van der Waals surface area contributed by atoms with Gasteiger partial charge in [0.15, 0.2) is 0 Å². The van der Waals surface area contributed by atoms with Crippen molar-refractivity contribution in [2.75, 3.05) is 31.2 Å². The highest BCUT2D eigenvalue weighted by molar-refractivity contribution is 5.64. The summed E-state index contributed by atoms with van der Waals surface area (Å²) < 4.78 is 50.0. The van der Waals surface area contributed by atoms with Gasteiger partial charge in [-0.15, -0.1) is 10.2 Å². The summed E-state index contributed by atoms with van der Waals surface area (Å²) in [5.74, 6) is 0.0639. The fraction of sp³-hybridized carbons (Fsp3) is 0.385. The molecule has 1 fully saturated rings. The molecule has 0 unspecified atom stereocenters. The number of morpholine rings is 1. The van der Waals surface area contributed by atoms with Crippen molar-refractivity contribution in [2.45, 2.75) is 6.18 Å². The SMILES string of the molecule is FC(F)(F)c1cc(-c2nnco2)ccc1N1CCOCC1. The molecule has 0 atom stereocenters. The first-order valence-corrected chi connectivity index (χ1v) is 6.36. The van der Waals surface area contributed by atoms with Crippen LogP contribution in [0.15, 0.2) is 29.0 Å². The Morgan fingerprint density at radius 2 is 1.90 bits per heavy atom. The van der Waals surface area contributed by atoms with Crippen LogP contribution in [0.1, 0.15) is 5.56 Å². The molecule has 0 amide bonds. The summed E-state index contributed by atoms with van der Waals surface area (Å²) in [6.07, 6.45) is -3.37. The van der Waals surface area contributed by atoms with Gasteiger partial charge in [-0.2, -0.15) is 13.2 Å². The largest absolute Gasteiger partial charge is 0.423 e. The van der Waals surface area contributed by atoms with Crippen molar-refractivity contribution < 1.29 is 22.3 Å². The third kappa shape index (κ3) is 2.85. The van der Waals surface area contributed by atoms with Gasteiger partial charge in [-0.3, -0.25) is 0 Å². The highest BCUT2D eigenvalue weighted by atomic mass is 19.4. The van der Waals surface area contributed by atoms with Crippen molar-refractivity contribution in [2.24, 2.45) is 0 Å². The van der Waals surface area contributed by atoms with E-state index >= 15 is 0 Å². The van der Waals surface area contributed by atoms with Crippen LogP contribution < -0.4 is 4.90 Å². The van der Waals surface area contributed by atoms with Crippen LogP contribution >= 0.6 is 0 Å². The van der Waals surface area contributed by atoms with Gasteiger partial charge in [0.2, 0.25) is 12.3 Å². The highest BCUT2D eigenvalue weighted by Gasteiger charge is 2.36. The van der Waals surface area contributed by atoms with Crippen molar-refractivity contribution in [3.05, 3.63) is 30.2 Å². The second kappa shape index (κ2) is 5.36. The van der Waals surface area contributed by atoms with Gasteiger partial charge in [0.25, 0.3) is 0 Å². The smallest absolute Gasteiger partial charge is 0.418 e. The Kier molecular flexibility index (Phi) is 3.54. The van der Waals surface area contributed by atoms with E-state index in [1.807, 2.05) is 0 Å². The first kappa shape index (κ1) is 13.9. The summed E-state index contributed by atoms with van der Waals surface area (Å²) in [5.41, 5.74) is -0.314. The van der Waals surface area contributed by atoms with Crippen LogP contribution in [0.2, 0.25) is 0 Å². The van der Waals surface area contributed by atoms with Crippen molar-refractivity contribution >= 4 is 5.69 Å². The van der Waals surface area contributed by atoms with Gasteiger partial charge in [-0.25, -0.2) is 0 Å². The Balaban J connectivity index is 2.03. The molecule has 112 valence electrons. The lowest BCUT2D eigenvalue weighted by Crippen LogP contribution is -2.37. The summed E-state index contributed by atoms with van der Waals surface area (Å²) in [7, 11) is 0. The minimum absolute atomic E-state index is 0.0639. The summed E-state index contributed by atoms with van der Waals surface area (Å²) in [4.78, 5) is 1.67. The van der Waals surface area contributed by atoms with Crippen molar-refractivity contribution in [1.29, 1.82) is 0 Å². The molecule has 2 aromatic rings. The Morgan fingerprint density at radius 1 is 1.14 bits per heavy atom. The second-order valence-electron chi connectivity index (χ2n) is 4.57. The molecule has 1 aromatic heterocycles. The fourth-order valence-electron chi connectivity index (χ4n) is 2.27. The minimum Gasteiger partial charge on any atom is -0.423 e. The first-order chi connectivity index (χ1) is 10.1. The number of halogens is 3. The molecule has 1 aliphatic rings. The van der Waals surface area contributed by atoms with E-state index < -0.39 is 11.7 Å². The maximum Gasteiger partial charge on any atom is 0.418 e. The van der Waals surface area contributed by atoms with E-state index in [0.29, 0.717) is 26.3 Å². The van der Waals surface area contributed by atoms with Crippen LogP contribution in [0.25, 0.3) is 11.5 Å². The zero-order chi connectivity index (χ0) is 14.9. The molecule has 0 aliphatic carbocycles. The quantitative estimate of drug-likeness (QED) is 0.853. The summed E-state index contributed by atoms with van der Waals surface area (Å²) in [6, 6.07) is 4.03. The van der Waals surface area contributed by atoms with Crippen molar-refractivity contribution in [3.8, 4) is 11.5 Å². The highest BCUT2D eigenvalue weighted by Crippen LogP contribution is 2.39. The minimum atomic E-state index is -4.45. The number of anilines is 1. The standard InChI is InChI=1S/C13H12F3N3O2/c14-13(15,16)10-7-9(12-18-17-8-21-12)1-2-11(10)19-3-5-20-6-4-19/h1-2,7-8H,3-6H2. The molecular weight excluding hydrogens is 287 g/mol. The van der Waals surface area contributed by atoms with E-state index in [4.69, 9.17) is 9.15 Å². The van der Waals surface area contributed by atoms with Crippen LogP contribution in [0.5, 0.6) is 0 Å². The number of aromatic nitrogens is 2. The van der Waals surface area contributed by atoms with E-state index in [2.05, 4.69) is 10.2 Å². The molecule has 0 saturated carbocycles. The summed E-state index contributed by atoms with van der Waals surface area (Å²) in [6.45, 7) is 1.71. The Hall–Kier alpha value is -2.09. The van der Waals surface area contributed by atoms with Gasteiger partial charge in [0, 0.05) is 24.3 Å². The van der Waals surface area contributed by atoms with Gasteiger partial charge in [-0.05, 0) is 18.2 Å². The Labute approximate surface area is 118 Å². The fourth-order valence-corrected chi connectivity index (χ4v) is 2.27.